The van der Waals surface area contributed by atoms with Gasteiger partial charge in [-0.3, -0.25) is 4.79 Å². The molecule has 94 valence electrons. The van der Waals surface area contributed by atoms with E-state index in [1.54, 1.807) is 12.5 Å². The molecule has 2 rings (SSSR count). The van der Waals surface area contributed by atoms with Gasteiger partial charge < -0.3 is 14.8 Å². The molecule has 0 radical (unpaired) electrons. The summed E-state index contributed by atoms with van der Waals surface area (Å²) in [7, 11) is 0. The molecule has 0 saturated carbocycles. The number of carboxylic acid groups (broad SMARTS) is 1. The van der Waals surface area contributed by atoms with Crippen LogP contribution < -0.4 is 5.32 Å². The lowest BCUT2D eigenvalue weighted by molar-refractivity contribution is -0.136. The topological polar surface area (TPSA) is 62.5 Å². The minimum atomic E-state index is -0.805. The number of rotatable bonds is 6. The molecule has 0 fully saturated rings. The van der Waals surface area contributed by atoms with Crippen molar-refractivity contribution in [1.82, 2.24) is 5.32 Å². The number of aliphatic carboxylic acids is 1. The number of nitrogens with one attached hydrogen (secondary N) is 1. The van der Waals surface area contributed by atoms with E-state index < -0.39 is 5.97 Å². The Morgan fingerprint density at radius 3 is 2.33 bits per heavy atom. The zero-order valence-electron chi connectivity index (χ0n) is 9.93. The molecule has 2 aromatic rings. The first-order valence-corrected chi connectivity index (χ1v) is 5.75. The molecule has 0 amide bonds. The van der Waals surface area contributed by atoms with Gasteiger partial charge in [-0.15, -0.1) is 0 Å². The Kier molecular flexibility index (Phi) is 4.15. The van der Waals surface area contributed by atoms with Crippen molar-refractivity contribution in [2.45, 2.75) is 19.5 Å². The van der Waals surface area contributed by atoms with E-state index in [9.17, 15) is 4.79 Å². The van der Waals surface area contributed by atoms with Crippen molar-refractivity contribution >= 4 is 5.97 Å². The molecular formula is C14H15NO3. The fraction of sp³-hybridized carbons (Fsp3) is 0.214. The molecule has 0 bridgehead atoms. The first-order chi connectivity index (χ1) is 8.74. The van der Waals surface area contributed by atoms with E-state index in [-0.39, 0.29) is 6.42 Å². The van der Waals surface area contributed by atoms with Crippen LogP contribution in [0.5, 0.6) is 0 Å². The van der Waals surface area contributed by atoms with Gasteiger partial charge in [-0.25, -0.2) is 0 Å². The summed E-state index contributed by atoms with van der Waals surface area (Å²) in [5, 5.41) is 12.0. The van der Waals surface area contributed by atoms with Crippen LogP contribution in [0.1, 0.15) is 16.7 Å². The third kappa shape index (κ3) is 3.75. The number of carbonyl (C=O) groups is 1. The summed E-state index contributed by atoms with van der Waals surface area (Å²) in [6.45, 7) is 1.51. The lowest BCUT2D eigenvalue weighted by Gasteiger charge is -2.04. The van der Waals surface area contributed by atoms with Crippen LogP contribution in [0.4, 0.5) is 0 Å². The quantitative estimate of drug-likeness (QED) is 0.819. The molecule has 1 aromatic heterocycles. The molecule has 0 aliphatic heterocycles. The smallest absolute Gasteiger partial charge is 0.307 e. The number of benzene rings is 1. The van der Waals surface area contributed by atoms with Crippen molar-refractivity contribution in [2.75, 3.05) is 0 Å². The molecule has 18 heavy (non-hydrogen) atoms. The highest BCUT2D eigenvalue weighted by molar-refractivity contribution is 5.70. The SMILES string of the molecule is O=C(O)Cc1ccc(CNCc2ccoc2)cc1. The van der Waals surface area contributed by atoms with Crippen LogP contribution in [-0.4, -0.2) is 11.1 Å². The van der Waals surface area contributed by atoms with Crippen LogP contribution in [0, 0.1) is 0 Å². The molecule has 1 aromatic carbocycles. The van der Waals surface area contributed by atoms with Crippen molar-refractivity contribution in [1.29, 1.82) is 0 Å². The lowest BCUT2D eigenvalue weighted by atomic mass is 10.1. The summed E-state index contributed by atoms with van der Waals surface area (Å²) < 4.78 is 4.97. The van der Waals surface area contributed by atoms with Crippen molar-refractivity contribution in [3.63, 3.8) is 0 Å². The van der Waals surface area contributed by atoms with E-state index in [1.807, 2.05) is 30.3 Å². The minimum absolute atomic E-state index is 0.0722. The van der Waals surface area contributed by atoms with Gasteiger partial charge in [0.1, 0.15) is 0 Å². The summed E-state index contributed by atoms with van der Waals surface area (Å²) in [6.07, 6.45) is 3.43. The molecule has 4 nitrogen and oxygen atoms in total. The van der Waals surface area contributed by atoms with Gasteiger partial charge in [0.15, 0.2) is 0 Å². The third-order valence-electron chi connectivity index (χ3n) is 2.62. The summed E-state index contributed by atoms with van der Waals surface area (Å²) >= 11 is 0. The van der Waals surface area contributed by atoms with Gasteiger partial charge in [-0.05, 0) is 17.2 Å². The molecule has 4 heteroatoms. The first kappa shape index (κ1) is 12.4. The fourth-order valence-electron chi connectivity index (χ4n) is 1.69. The minimum Gasteiger partial charge on any atom is -0.481 e. The van der Waals surface area contributed by atoms with Crippen LogP contribution in [0.25, 0.3) is 0 Å². The second-order valence-corrected chi connectivity index (χ2v) is 4.12. The first-order valence-electron chi connectivity index (χ1n) is 5.75. The highest BCUT2D eigenvalue weighted by Crippen LogP contribution is 2.06. The molecule has 0 atom stereocenters. The Labute approximate surface area is 105 Å². The molecular weight excluding hydrogens is 230 g/mol. The van der Waals surface area contributed by atoms with Crippen LogP contribution in [0.3, 0.4) is 0 Å². The van der Waals surface area contributed by atoms with Gasteiger partial charge in [0, 0.05) is 18.7 Å². The number of carboxylic acids is 1. The van der Waals surface area contributed by atoms with E-state index in [0.29, 0.717) is 0 Å². The zero-order chi connectivity index (χ0) is 12.8. The second kappa shape index (κ2) is 6.02. The number of hydrogen-bond donors (Lipinski definition) is 2. The van der Waals surface area contributed by atoms with Gasteiger partial charge >= 0.3 is 5.97 Å². The molecule has 0 saturated heterocycles. The highest BCUT2D eigenvalue weighted by atomic mass is 16.4. The van der Waals surface area contributed by atoms with Crippen molar-refractivity contribution in [3.8, 4) is 0 Å². The maximum atomic E-state index is 10.5. The Morgan fingerprint density at radius 2 is 1.72 bits per heavy atom. The summed E-state index contributed by atoms with van der Waals surface area (Å²) in [5.41, 5.74) is 3.06. The molecule has 0 spiro atoms. The normalized spacial score (nSPS) is 10.4. The predicted molar refractivity (Wildman–Crippen MR) is 67.0 cm³/mol. The van der Waals surface area contributed by atoms with Crippen LogP contribution in [-0.2, 0) is 24.3 Å². The third-order valence-corrected chi connectivity index (χ3v) is 2.62. The lowest BCUT2D eigenvalue weighted by Crippen LogP contribution is -2.12. The van der Waals surface area contributed by atoms with Gasteiger partial charge in [-0.1, -0.05) is 24.3 Å². The predicted octanol–water partition coefficient (Wildman–Crippen LogP) is 2.20. The van der Waals surface area contributed by atoms with E-state index >= 15 is 0 Å². The summed E-state index contributed by atoms with van der Waals surface area (Å²) in [5.74, 6) is -0.805. The Bertz CT molecular complexity index is 488. The molecule has 0 aliphatic rings. The fourth-order valence-corrected chi connectivity index (χ4v) is 1.69. The standard InChI is InChI=1S/C14H15NO3/c16-14(17)7-11-1-3-12(4-2-11)8-15-9-13-5-6-18-10-13/h1-6,10,15H,7-9H2,(H,16,17). The van der Waals surface area contributed by atoms with Crippen LogP contribution in [0.15, 0.2) is 47.3 Å². The summed E-state index contributed by atoms with van der Waals surface area (Å²) in [6, 6.07) is 9.51. The van der Waals surface area contributed by atoms with Gasteiger partial charge in [0.2, 0.25) is 0 Å². The zero-order valence-corrected chi connectivity index (χ0v) is 9.93. The Balaban J connectivity index is 1.81. The van der Waals surface area contributed by atoms with E-state index in [4.69, 9.17) is 9.52 Å². The van der Waals surface area contributed by atoms with E-state index in [2.05, 4.69) is 5.32 Å². The second-order valence-electron chi connectivity index (χ2n) is 4.12. The average molecular weight is 245 g/mol. The van der Waals surface area contributed by atoms with Gasteiger partial charge in [-0.2, -0.15) is 0 Å². The Morgan fingerprint density at radius 1 is 1.06 bits per heavy atom. The van der Waals surface area contributed by atoms with Crippen molar-refractivity contribution < 1.29 is 14.3 Å². The Hall–Kier alpha value is -2.07. The van der Waals surface area contributed by atoms with Crippen LogP contribution in [0.2, 0.25) is 0 Å². The van der Waals surface area contributed by atoms with Crippen molar-refractivity contribution in [2.24, 2.45) is 0 Å². The highest BCUT2D eigenvalue weighted by Gasteiger charge is 2.00. The largest absolute Gasteiger partial charge is 0.481 e. The van der Waals surface area contributed by atoms with E-state index in [0.717, 1.165) is 29.8 Å². The maximum Gasteiger partial charge on any atom is 0.307 e. The molecule has 1 heterocycles. The van der Waals surface area contributed by atoms with E-state index in [1.165, 1.54) is 0 Å². The maximum absolute atomic E-state index is 10.5. The number of hydrogen-bond acceptors (Lipinski definition) is 3. The van der Waals surface area contributed by atoms with Gasteiger partial charge in [0.25, 0.3) is 0 Å². The van der Waals surface area contributed by atoms with Crippen LogP contribution >= 0.6 is 0 Å². The number of furan rings is 1. The van der Waals surface area contributed by atoms with Gasteiger partial charge in [0.05, 0.1) is 18.9 Å². The molecule has 2 N–H and O–H groups in total. The molecule has 0 unspecified atom stereocenters. The van der Waals surface area contributed by atoms with Crippen molar-refractivity contribution in [3.05, 3.63) is 59.5 Å². The summed E-state index contributed by atoms with van der Waals surface area (Å²) in [4.78, 5) is 10.5. The average Bonchev–Trinajstić information content (AvgIpc) is 2.84. The monoisotopic (exact) mass is 245 g/mol. The molecule has 0 aliphatic carbocycles.